The number of halogens is 1. The molecule has 1 amide bonds. The maximum Gasteiger partial charge on any atom is 0.374 e. The van der Waals surface area contributed by atoms with Crippen LogP contribution in [0.5, 0.6) is 0 Å². The Morgan fingerprint density at radius 3 is 2.29 bits per heavy atom. The number of piperazine rings is 1. The number of rotatable bonds is 5. The zero-order chi connectivity index (χ0) is 20.3. The SMILES string of the molecule is Cc1ccc(C(=O)OCC(=O)N2CCN(S(=O)(=O)c3ccc(Cl)cc3)CC2)o1. The molecule has 2 heterocycles. The van der Waals surface area contributed by atoms with Crippen molar-refractivity contribution in [1.82, 2.24) is 9.21 Å². The molecular weight excluding hydrogens is 408 g/mol. The molecule has 0 radical (unpaired) electrons. The molecule has 0 atom stereocenters. The minimum atomic E-state index is -3.65. The minimum absolute atomic E-state index is 0.0316. The van der Waals surface area contributed by atoms with Crippen LogP contribution in [0.15, 0.2) is 45.7 Å². The summed E-state index contributed by atoms with van der Waals surface area (Å²) in [6.07, 6.45) is 0. The van der Waals surface area contributed by atoms with Gasteiger partial charge in [-0.15, -0.1) is 0 Å². The molecule has 0 spiro atoms. The molecule has 1 aliphatic rings. The lowest BCUT2D eigenvalue weighted by atomic mass is 10.3. The molecule has 1 fully saturated rings. The molecule has 1 aromatic heterocycles. The smallest absolute Gasteiger partial charge is 0.374 e. The number of carbonyl (C=O) groups is 2. The molecule has 10 heteroatoms. The van der Waals surface area contributed by atoms with Crippen LogP contribution >= 0.6 is 11.6 Å². The van der Waals surface area contributed by atoms with Gasteiger partial charge in [0.15, 0.2) is 6.61 Å². The van der Waals surface area contributed by atoms with E-state index in [1.165, 1.54) is 39.5 Å². The second-order valence-electron chi connectivity index (χ2n) is 6.23. The number of ether oxygens (including phenoxy) is 1. The van der Waals surface area contributed by atoms with E-state index >= 15 is 0 Å². The lowest BCUT2D eigenvalue weighted by Crippen LogP contribution is -2.51. The Bertz CT molecular complexity index is 962. The van der Waals surface area contributed by atoms with Crippen LogP contribution in [0.2, 0.25) is 5.02 Å². The minimum Gasteiger partial charge on any atom is -0.454 e. The van der Waals surface area contributed by atoms with E-state index in [1.54, 1.807) is 13.0 Å². The van der Waals surface area contributed by atoms with Gasteiger partial charge in [0.1, 0.15) is 5.76 Å². The maximum atomic E-state index is 12.6. The van der Waals surface area contributed by atoms with Crippen molar-refractivity contribution in [1.29, 1.82) is 0 Å². The molecule has 0 bridgehead atoms. The number of benzene rings is 1. The van der Waals surface area contributed by atoms with Crippen LogP contribution in [-0.2, 0) is 19.6 Å². The number of esters is 1. The van der Waals surface area contributed by atoms with E-state index in [4.69, 9.17) is 20.8 Å². The highest BCUT2D eigenvalue weighted by Gasteiger charge is 2.30. The Morgan fingerprint density at radius 2 is 1.71 bits per heavy atom. The molecule has 0 N–H and O–H groups in total. The van der Waals surface area contributed by atoms with Crippen molar-refractivity contribution in [2.45, 2.75) is 11.8 Å². The van der Waals surface area contributed by atoms with Gasteiger partial charge in [0.25, 0.3) is 5.91 Å². The summed E-state index contributed by atoms with van der Waals surface area (Å²) < 4.78 is 36.7. The average molecular weight is 427 g/mol. The van der Waals surface area contributed by atoms with Gasteiger partial charge in [0, 0.05) is 31.2 Å². The van der Waals surface area contributed by atoms with Crippen molar-refractivity contribution < 1.29 is 27.2 Å². The normalized spacial score (nSPS) is 15.4. The number of amides is 1. The first-order valence-corrected chi connectivity index (χ1v) is 10.4. The third kappa shape index (κ3) is 4.54. The van der Waals surface area contributed by atoms with Gasteiger partial charge in [-0.1, -0.05) is 11.6 Å². The van der Waals surface area contributed by atoms with Crippen molar-refractivity contribution in [3.8, 4) is 0 Å². The molecule has 0 aliphatic carbocycles. The van der Waals surface area contributed by atoms with Gasteiger partial charge in [0.05, 0.1) is 4.90 Å². The Morgan fingerprint density at radius 1 is 1.07 bits per heavy atom. The summed E-state index contributed by atoms with van der Waals surface area (Å²) in [6, 6.07) is 9.03. The molecule has 28 heavy (non-hydrogen) atoms. The summed E-state index contributed by atoms with van der Waals surface area (Å²) in [5.74, 6) is -0.508. The van der Waals surface area contributed by atoms with Crippen molar-refractivity contribution >= 4 is 33.5 Å². The summed E-state index contributed by atoms with van der Waals surface area (Å²) in [7, 11) is -3.65. The highest BCUT2D eigenvalue weighted by atomic mass is 35.5. The molecule has 3 rings (SSSR count). The topological polar surface area (TPSA) is 97.1 Å². The summed E-state index contributed by atoms with van der Waals surface area (Å²) in [4.78, 5) is 25.7. The van der Waals surface area contributed by atoms with Crippen LogP contribution in [0.3, 0.4) is 0 Å². The predicted molar refractivity (Wildman–Crippen MR) is 101 cm³/mol. The Hall–Kier alpha value is -2.36. The van der Waals surface area contributed by atoms with E-state index in [-0.39, 0.29) is 42.7 Å². The summed E-state index contributed by atoms with van der Waals surface area (Å²) >= 11 is 5.80. The lowest BCUT2D eigenvalue weighted by molar-refractivity contribution is -0.135. The zero-order valence-electron chi connectivity index (χ0n) is 15.1. The summed E-state index contributed by atoms with van der Waals surface area (Å²) in [6.45, 7) is 2.00. The summed E-state index contributed by atoms with van der Waals surface area (Å²) in [5, 5.41) is 0.452. The van der Waals surface area contributed by atoms with Crippen molar-refractivity contribution in [3.63, 3.8) is 0 Å². The predicted octanol–water partition coefficient (Wildman–Crippen LogP) is 1.93. The fraction of sp³-hybridized carbons (Fsp3) is 0.333. The first kappa shape index (κ1) is 20.4. The quantitative estimate of drug-likeness (QED) is 0.678. The van der Waals surface area contributed by atoms with E-state index in [0.29, 0.717) is 10.8 Å². The first-order valence-electron chi connectivity index (χ1n) is 8.54. The van der Waals surface area contributed by atoms with Crippen molar-refractivity contribution in [2.75, 3.05) is 32.8 Å². The van der Waals surface area contributed by atoms with Gasteiger partial charge in [-0.05, 0) is 43.3 Å². The number of aryl methyl sites for hydroxylation is 1. The monoisotopic (exact) mass is 426 g/mol. The van der Waals surface area contributed by atoms with Gasteiger partial charge in [-0.2, -0.15) is 4.31 Å². The molecule has 0 saturated carbocycles. The molecule has 0 unspecified atom stereocenters. The van der Waals surface area contributed by atoms with Gasteiger partial charge in [-0.3, -0.25) is 4.79 Å². The van der Waals surface area contributed by atoms with Crippen LogP contribution in [0.25, 0.3) is 0 Å². The largest absolute Gasteiger partial charge is 0.454 e. The van der Waals surface area contributed by atoms with E-state index in [1.807, 2.05) is 0 Å². The highest BCUT2D eigenvalue weighted by Crippen LogP contribution is 2.20. The number of hydrogen-bond donors (Lipinski definition) is 0. The molecule has 8 nitrogen and oxygen atoms in total. The van der Waals surface area contributed by atoms with Gasteiger partial charge >= 0.3 is 5.97 Å². The Balaban J connectivity index is 1.52. The second-order valence-corrected chi connectivity index (χ2v) is 8.60. The fourth-order valence-electron chi connectivity index (χ4n) is 2.77. The van der Waals surface area contributed by atoms with E-state index in [2.05, 4.69) is 0 Å². The number of carbonyl (C=O) groups excluding carboxylic acids is 2. The second kappa shape index (κ2) is 8.34. The molecule has 1 saturated heterocycles. The van der Waals surface area contributed by atoms with Gasteiger partial charge < -0.3 is 14.1 Å². The van der Waals surface area contributed by atoms with Crippen LogP contribution in [-0.4, -0.2) is 62.3 Å². The zero-order valence-corrected chi connectivity index (χ0v) is 16.7. The van der Waals surface area contributed by atoms with E-state index in [0.717, 1.165) is 0 Å². The van der Waals surface area contributed by atoms with Gasteiger partial charge in [0.2, 0.25) is 15.8 Å². The third-order valence-electron chi connectivity index (χ3n) is 4.31. The number of furan rings is 1. The molecule has 1 aliphatic heterocycles. The lowest BCUT2D eigenvalue weighted by Gasteiger charge is -2.33. The molecule has 150 valence electrons. The number of nitrogens with zero attached hydrogens (tertiary/aromatic N) is 2. The molecule has 2 aromatic rings. The van der Waals surface area contributed by atoms with Crippen LogP contribution in [0.1, 0.15) is 16.3 Å². The van der Waals surface area contributed by atoms with Crippen LogP contribution < -0.4 is 0 Å². The van der Waals surface area contributed by atoms with Crippen molar-refractivity contribution in [3.05, 3.63) is 52.9 Å². The van der Waals surface area contributed by atoms with Crippen LogP contribution in [0, 0.1) is 6.92 Å². The standard InChI is InChI=1S/C18H19ClN2O6S/c1-13-2-7-16(27-13)18(23)26-12-17(22)20-8-10-21(11-9-20)28(24,25)15-5-3-14(19)4-6-15/h2-7H,8-12H2,1H3. The number of hydrogen-bond acceptors (Lipinski definition) is 6. The van der Waals surface area contributed by atoms with E-state index < -0.39 is 22.6 Å². The summed E-state index contributed by atoms with van der Waals surface area (Å²) in [5.41, 5.74) is 0. The average Bonchev–Trinajstić information content (AvgIpc) is 3.13. The van der Waals surface area contributed by atoms with Crippen molar-refractivity contribution in [2.24, 2.45) is 0 Å². The maximum absolute atomic E-state index is 12.6. The fourth-order valence-corrected chi connectivity index (χ4v) is 4.32. The van der Waals surface area contributed by atoms with Gasteiger partial charge in [-0.25, -0.2) is 13.2 Å². The Kier molecular flexibility index (Phi) is 6.07. The van der Waals surface area contributed by atoms with E-state index in [9.17, 15) is 18.0 Å². The molecule has 1 aromatic carbocycles. The molecular formula is C18H19ClN2O6S. The number of sulfonamides is 1. The Labute approximate surface area is 167 Å². The third-order valence-corrected chi connectivity index (χ3v) is 6.48. The highest BCUT2D eigenvalue weighted by molar-refractivity contribution is 7.89. The van der Waals surface area contributed by atoms with Crippen LogP contribution in [0.4, 0.5) is 0 Å². The first-order chi connectivity index (χ1) is 13.3.